The lowest BCUT2D eigenvalue weighted by molar-refractivity contribution is 0.415. The van der Waals surface area contributed by atoms with Crippen molar-refractivity contribution in [1.82, 2.24) is 15.0 Å². The van der Waals surface area contributed by atoms with E-state index in [1.807, 2.05) is 12.1 Å². The van der Waals surface area contributed by atoms with Crippen molar-refractivity contribution in [2.75, 3.05) is 17.2 Å². The number of nitrogen functional groups attached to an aromatic ring is 1. The Bertz CT molecular complexity index is 678. The minimum absolute atomic E-state index is 0.0975. The Morgan fingerprint density at radius 1 is 1.28 bits per heavy atom. The number of nitrogens with two attached hydrogens (primary N) is 1. The first-order valence-corrected chi connectivity index (χ1v) is 7.68. The maximum absolute atomic E-state index is 11.4. The molecule has 1 aliphatic heterocycles. The minimum atomic E-state index is -2.85. The summed E-state index contributed by atoms with van der Waals surface area (Å²) >= 11 is 0. The van der Waals surface area contributed by atoms with E-state index in [9.17, 15) is 8.42 Å². The van der Waals surface area contributed by atoms with Crippen LogP contribution in [-0.4, -0.2) is 34.9 Å². The van der Waals surface area contributed by atoms with Gasteiger partial charge in [0, 0.05) is 5.69 Å². The standard InChI is InChI=1S/C11H14N4O2S/c12-8-1-2-10-11(7-8)15(14-13-10)9-3-5-18(16,17)6-4-9/h1-2,7,9H,3-6,12H2. The molecule has 0 saturated carbocycles. The minimum Gasteiger partial charge on any atom is -0.399 e. The van der Waals surface area contributed by atoms with Crippen LogP contribution >= 0.6 is 0 Å². The summed E-state index contributed by atoms with van der Waals surface area (Å²) in [6.45, 7) is 0. The molecule has 0 radical (unpaired) electrons. The molecule has 0 spiro atoms. The molecular formula is C11H14N4O2S. The summed E-state index contributed by atoms with van der Waals surface area (Å²) in [6.07, 6.45) is 1.19. The molecule has 0 bridgehead atoms. The predicted octanol–water partition coefficient (Wildman–Crippen LogP) is 0.763. The molecule has 6 nitrogen and oxygen atoms in total. The number of hydrogen-bond acceptors (Lipinski definition) is 5. The quantitative estimate of drug-likeness (QED) is 0.770. The van der Waals surface area contributed by atoms with Crippen molar-refractivity contribution in [2.45, 2.75) is 18.9 Å². The number of hydrogen-bond donors (Lipinski definition) is 1. The van der Waals surface area contributed by atoms with Crippen molar-refractivity contribution < 1.29 is 8.42 Å². The van der Waals surface area contributed by atoms with Gasteiger partial charge < -0.3 is 5.73 Å². The topological polar surface area (TPSA) is 90.9 Å². The summed E-state index contributed by atoms with van der Waals surface area (Å²) in [7, 11) is -2.85. The van der Waals surface area contributed by atoms with Crippen LogP contribution in [0.2, 0.25) is 0 Å². The lowest BCUT2D eigenvalue weighted by atomic mass is 10.1. The van der Waals surface area contributed by atoms with Gasteiger partial charge in [0.2, 0.25) is 0 Å². The Morgan fingerprint density at radius 2 is 2.00 bits per heavy atom. The van der Waals surface area contributed by atoms with E-state index in [0.717, 1.165) is 11.0 Å². The third-order valence-electron chi connectivity index (χ3n) is 3.37. The Balaban J connectivity index is 1.98. The molecule has 18 heavy (non-hydrogen) atoms. The fourth-order valence-electron chi connectivity index (χ4n) is 2.34. The number of anilines is 1. The summed E-state index contributed by atoms with van der Waals surface area (Å²) < 4.78 is 24.6. The van der Waals surface area contributed by atoms with Gasteiger partial charge in [0.25, 0.3) is 0 Å². The molecule has 0 atom stereocenters. The average Bonchev–Trinajstić information content (AvgIpc) is 2.72. The van der Waals surface area contributed by atoms with E-state index in [2.05, 4.69) is 10.3 Å². The SMILES string of the molecule is Nc1ccc2nnn(C3CCS(=O)(=O)CC3)c2c1. The normalized spacial score (nSPS) is 20.2. The van der Waals surface area contributed by atoms with Crippen molar-refractivity contribution >= 4 is 26.6 Å². The second kappa shape index (κ2) is 3.94. The van der Waals surface area contributed by atoms with Crippen LogP contribution in [0.5, 0.6) is 0 Å². The summed E-state index contributed by atoms with van der Waals surface area (Å²) in [5.74, 6) is 0.447. The maximum atomic E-state index is 11.4. The van der Waals surface area contributed by atoms with Crippen molar-refractivity contribution in [1.29, 1.82) is 0 Å². The van der Waals surface area contributed by atoms with Crippen LogP contribution in [0.1, 0.15) is 18.9 Å². The second-order valence-electron chi connectivity index (χ2n) is 4.67. The van der Waals surface area contributed by atoms with E-state index in [-0.39, 0.29) is 17.5 Å². The van der Waals surface area contributed by atoms with Crippen LogP contribution in [0.3, 0.4) is 0 Å². The molecular weight excluding hydrogens is 252 g/mol. The van der Waals surface area contributed by atoms with Crippen molar-refractivity contribution in [2.24, 2.45) is 0 Å². The first-order valence-electron chi connectivity index (χ1n) is 5.86. The molecule has 1 aromatic carbocycles. The highest BCUT2D eigenvalue weighted by Crippen LogP contribution is 2.27. The molecule has 96 valence electrons. The van der Waals surface area contributed by atoms with Gasteiger partial charge in [-0.15, -0.1) is 5.10 Å². The Hall–Kier alpha value is -1.63. The number of aromatic nitrogens is 3. The van der Waals surface area contributed by atoms with E-state index in [1.165, 1.54) is 0 Å². The maximum Gasteiger partial charge on any atom is 0.150 e. The highest BCUT2D eigenvalue weighted by Gasteiger charge is 2.26. The smallest absolute Gasteiger partial charge is 0.150 e. The largest absolute Gasteiger partial charge is 0.399 e. The molecule has 1 saturated heterocycles. The van der Waals surface area contributed by atoms with Crippen LogP contribution in [0.4, 0.5) is 5.69 Å². The third-order valence-corrected chi connectivity index (χ3v) is 5.08. The van der Waals surface area contributed by atoms with E-state index in [0.29, 0.717) is 18.5 Å². The van der Waals surface area contributed by atoms with Crippen LogP contribution in [0, 0.1) is 0 Å². The van der Waals surface area contributed by atoms with Gasteiger partial charge in [0.15, 0.2) is 0 Å². The molecule has 3 rings (SSSR count). The first kappa shape index (κ1) is 11.5. The number of benzene rings is 1. The molecule has 0 aliphatic carbocycles. The third kappa shape index (κ3) is 1.94. The van der Waals surface area contributed by atoms with Gasteiger partial charge >= 0.3 is 0 Å². The highest BCUT2D eigenvalue weighted by atomic mass is 32.2. The summed E-state index contributed by atoms with van der Waals surface area (Å²) in [4.78, 5) is 0. The molecule has 0 unspecified atom stereocenters. The molecule has 2 N–H and O–H groups in total. The van der Waals surface area contributed by atoms with Gasteiger partial charge in [-0.3, -0.25) is 0 Å². The summed E-state index contributed by atoms with van der Waals surface area (Å²) in [6, 6.07) is 5.54. The van der Waals surface area contributed by atoms with Gasteiger partial charge in [-0.2, -0.15) is 0 Å². The number of sulfone groups is 1. The van der Waals surface area contributed by atoms with E-state index in [1.54, 1.807) is 10.7 Å². The van der Waals surface area contributed by atoms with E-state index < -0.39 is 9.84 Å². The number of rotatable bonds is 1. The Kier molecular flexibility index (Phi) is 2.51. The molecule has 7 heteroatoms. The van der Waals surface area contributed by atoms with Crippen LogP contribution in [0.15, 0.2) is 18.2 Å². The lowest BCUT2D eigenvalue weighted by Gasteiger charge is -2.22. The molecule has 0 amide bonds. The summed E-state index contributed by atoms with van der Waals surface area (Å²) in [5.41, 5.74) is 8.09. The predicted molar refractivity (Wildman–Crippen MR) is 68.9 cm³/mol. The molecule has 2 aromatic rings. The Morgan fingerprint density at radius 3 is 2.72 bits per heavy atom. The van der Waals surface area contributed by atoms with Crippen LogP contribution in [-0.2, 0) is 9.84 Å². The van der Waals surface area contributed by atoms with E-state index >= 15 is 0 Å². The second-order valence-corrected chi connectivity index (χ2v) is 6.97. The molecule has 1 aliphatic rings. The Labute approximate surface area is 105 Å². The van der Waals surface area contributed by atoms with Crippen molar-refractivity contribution in [3.63, 3.8) is 0 Å². The van der Waals surface area contributed by atoms with Crippen molar-refractivity contribution in [3.05, 3.63) is 18.2 Å². The highest BCUT2D eigenvalue weighted by molar-refractivity contribution is 7.91. The van der Waals surface area contributed by atoms with Gasteiger partial charge in [0.05, 0.1) is 23.1 Å². The molecule has 1 fully saturated rings. The monoisotopic (exact) mass is 266 g/mol. The fourth-order valence-corrected chi connectivity index (χ4v) is 3.81. The van der Waals surface area contributed by atoms with E-state index in [4.69, 9.17) is 5.73 Å². The lowest BCUT2D eigenvalue weighted by Crippen LogP contribution is -2.26. The summed E-state index contributed by atoms with van der Waals surface area (Å²) in [5, 5.41) is 8.20. The molecule has 2 heterocycles. The van der Waals surface area contributed by atoms with Gasteiger partial charge in [-0.25, -0.2) is 13.1 Å². The fraction of sp³-hybridized carbons (Fsp3) is 0.455. The number of fused-ring (bicyclic) bond motifs is 1. The zero-order chi connectivity index (χ0) is 12.8. The van der Waals surface area contributed by atoms with Crippen molar-refractivity contribution in [3.8, 4) is 0 Å². The first-order chi connectivity index (χ1) is 8.55. The van der Waals surface area contributed by atoms with Gasteiger partial charge in [-0.1, -0.05) is 5.21 Å². The zero-order valence-electron chi connectivity index (χ0n) is 9.78. The molecule has 1 aromatic heterocycles. The number of nitrogens with zero attached hydrogens (tertiary/aromatic N) is 3. The zero-order valence-corrected chi connectivity index (χ0v) is 10.6. The van der Waals surface area contributed by atoms with Gasteiger partial charge in [0.1, 0.15) is 15.4 Å². The van der Waals surface area contributed by atoms with Crippen LogP contribution in [0.25, 0.3) is 11.0 Å². The average molecular weight is 266 g/mol. The van der Waals surface area contributed by atoms with Gasteiger partial charge in [-0.05, 0) is 31.0 Å². The van der Waals surface area contributed by atoms with Crippen LogP contribution < -0.4 is 5.73 Å².